The van der Waals surface area contributed by atoms with Crippen LogP contribution in [0.4, 0.5) is 4.79 Å². The summed E-state index contributed by atoms with van der Waals surface area (Å²) in [5.74, 6) is -1.11. The number of carboxylic acids is 1. The van der Waals surface area contributed by atoms with Gasteiger partial charge in [-0.2, -0.15) is 0 Å². The van der Waals surface area contributed by atoms with Crippen molar-refractivity contribution in [2.24, 2.45) is 5.92 Å². The third-order valence-electron chi connectivity index (χ3n) is 3.70. The molecule has 0 radical (unpaired) electrons. The Morgan fingerprint density at radius 1 is 1.39 bits per heavy atom. The second kappa shape index (κ2) is 7.24. The van der Waals surface area contributed by atoms with Crippen LogP contribution in [0.25, 0.3) is 0 Å². The summed E-state index contributed by atoms with van der Waals surface area (Å²) in [5.41, 5.74) is 0. The summed E-state index contributed by atoms with van der Waals surface area (Å²) < 4.78 is 0. The van der Waals surface area contributed by atoms with Gasteiger partial charge in [-0.05, 0) is 25.7 Å². The van der Waals surface area contributed by atoms with E-state index in [-0.39, 0.29) is 11.9 Å². The molecule has 0 aromatic rings. The molecule has 5 nitrogen and oxygen atoms in total. The molecule has 0 aromatic carbocycles. The van der Waals surface area contributed by atoms with Crippen molar-refractivity contribution in [2.75, 3.05) is 13.6 Å². The van der Waals surface area contributed by atoms with Gasteiger partial charge in [-0.1, -0.05) is 19.8 Å². The number of carboxylic acid groups (broad SMARTS) is 1. The Labute approximate surface area is 109 Å². The maximum Gasteiger partial charge on any atom is 0.317 e. The second-order valence-electron chi connectivity index (χ2n) is 5.16. The molecule has 104 valence electrons. The van der Waals surface area contributed by atoms with Crippen molar-refractivity contribution in [3.8, 4) is 0 Å². The first kappa shape index (κ1) is 14.8. The maximum atomic E-state index is 11.8. The highest BCUT2D eigenvalue weighted by molar-refractivity contribution is 5.74. The van der Waals surface area contributed by atoms with Crippen LogP contribution in [0.1, 0.15) is 45.4 Å². The van der Waals surface area contributed by atoms with Crippen LogP contribution >= 0.6 is 0 Å². The summed E-state index contributed by atoms with van der Waals surface area (Å²) in [6.45, 7) is 2.24. The predicted octanol–water partition coefficient (Wildman–Crippen LogP) is 2.07. The minimum Gasteiger partial charge on any atom is -0.481 e. The number of amides is 2. The van der Waals surface area contributed by atoms with Gasteiger partial charge >= 0.3 is 12.0 Å². The fraction of sp³-hybridized carbons (Fsp3) is 0.846. The smallest absolute Gasteiger partial charge is 0.317 e. The van der Waals surface area contributed by atoms with Crippen LogP contribution in [-0.4, -0.2) is 41.6 Å². The largest absolute Gasteiger partial charge is 0.481 e. The Morgan fingerprint density at radius 3 is 2.56 bits per heavy atom. The van der Waals surface area contributed by atoms with Gasteiger partial charge in [-0.3, -0.25) is 4.79 Å². The fourth-order valence-electron chi connectivity index (χ4n) is 2.31. The number of nitrogens with zero attached hydrogens (tertiary/aromatic N) is 1. The van der Waals surface area contributed by atoms with E-state index in [1.165, 1.54) is 12.8 Å². The molecule has 0 aliphatic heterocycles. The first-order chi connectivity index (χ1) is 8.52. The topological polar surface area (TPSA) is 69.6 Å². The van der Waals surface area contributed by atoms with Crippen molar-refractivity contribution in [1.29, 1.82) is 0 Å². The summed E-state index contributed by atoms with van der Waals surface area (Å²) in [6, 6.07) is 0.341. The number of hydrogen-bond donors (Lipinski definition) is 2. The summed E-state index contributed by atoms with van der Waals surface area (Å²) in [4.78, 5) is 24.2. The molecule has 0 aromatic heterocycles. The van der Waals surface area contributed by atoms with Crippen molar-refractivity contribution >= 4 is 12.0 Å². The molecule has 1 rings (SSSR count). The molecule has 0 bridgehead atoms. The van der Waals surface area contributed by atoms with Crippen molar-refractivity contribution < 1.29 is 14.7 Å². The third-order valence-corrected chi connectivity index (χ3v) is 3.70. The Balaban J connectivity index is 2.14. The standard InChI is InChI=1S/C13H24N2O3/c1-10(12(16)17)6-5-9-14-13(18)15(2)11-7-3-4-8-11/h10-11H,3-9H2,1-2H3,(H,14,18)(H,16,17). The maximum absolute atomic E-state index is 11.8. The Bertz CT molecular complexity index is 288. The van der Waals surface area contributed by atoms with Gasteiger partial charge in [-0.15, -0.1) is 0 Å². The molecule has 2 N–H and O–H groups in total. The molecule has 5 heteroatoms. The molecule has 2 amide bonds. The van der Waals surface area contributed by atoms with Crippen LogP contribution in [0.5, 0.6) is 0 Å². The van der Waals surface area contributed by atoms with E-state index in [0.29, 0.717) is 25.4 Å². The molecular formula is C13H24N2O3. The zero-order valence-electron chi connectivity index (χ0n) is 11.3. The molecule has 1 unspecified atom stereocenters. The lowest BCUT2D eigenvalue weighted by atomic mass is 10.1. The number of carbonyl (C=O) groups is 2. The van der Waals surface area contributed by atoms with E-state index in [4.69, 9.17) is 5.11 Å². The first-order valence-electron chi connectivity index (χ1n) is 6.76. The first-order valence-corrected chi connectivity index (χ1v) is 6.76. The summed E-state index contributed by atoms with van der Waals surface area (Å²) in [7, 11) is 1.84. The van der Waals surface area contributed by atoms with Gasteiger partial charge in [0, 0.05) is 19.6 Å². The van der Waals surface area contributed by atoms with Crippen LogP contribution in [0, 0.1) is 5.92 Å². The zero-order valence-corrected chi connectivity index (χ0v) is 11.3. The van der Waals surface area contributed by atoms with E-state index in [1.807, 2.05) is 7.05 Å². The number of carbonyl (C=O) groups excluding carboxylic acids is 1. The molecule has 0 heterocycles. The van der Waals surface area contributed by atoms with Gasteiger partial charge < -0.3 is 15.3 Å². The molecular weight excluding hydrogens is 232 g/mol. The Hall–Kier alpha value is -1.26. The minimum absolute atomic E-state index is 0.0371. The van der Waals surface area contributed by atoms with Crippen molar-refractivity contribution in [3.05, 3.63) is 0 Å². The van der Waals surface area contributed by atoms with Gasteiger partial charge in [0.25, 0.3) is 0 Å². The summed E-state index contributed by atoms with van der Waals surface area (Å²) >= 11 is 0. The van der Waals surface area contributed by atoms with Crippen LogP contribution < -0.4 is 5.32 Å². The lowest BCUT2D eigenvalue weighted by Gasteiger charge is -2.24. The highest BCUT2D eigenvalue weighted by Crippen LogP contribution is 2.22. The molecule has 1 aliphatic rings. The summed E-state index contributed by atoms with van der Waals surface area (Å²) in [5, 5.41) is 11.6. The highest BCUT2D eigenvalue weighted by Gasteiger charge is 2.22. The van der Waals surface area contributed by atoms with E-state index in [0.717, 1.165) is 12.8 Å². The van der Waals surface area contributed by atoms with Crippen molar-refractivity contribution in [1.82, 2.24) is 10.2 Å². The number of hydrogen-bond acceptors (Lipinski definition) is 2. The number of aliphatic carboxylic acids is 1. The van der Waals surface area contributed by atoms with E-state index >= 15 is 0 Å². The lowest BCUT2D eigenvalue weighted by Crippen LogP contribution is -2.42. The van der Waals surface area contributed by atoms with Gasteiger partial charge in [0.15, 0.2) is 0 Å². The molecule has 1 saturated carbocycles. The van der Waals surface area contributed by atoms with Gasteiger partial charge in [-0.25, -0.2) is 4.79 Å². The van der Waals surface area contributed by atoms with Gasteiger partial charge in [0.05, 0.1) is 5.92 Å². The van der Waals surface area contributed by atoms with E-state index in [1.54, 1.807) is 11.8 Å². The number of rotatable bonds is 6. The van der Waals surface area contributed by atoms with Gasteiger partial charge in [0.1, 0.15) is 0 Å². The fourth-order valence-corrected chi connectivity index (χ4v) is 2.31. The summed E-state index contributed by atoms with van der Waals surface area (Å²) in [6.07, 6.45) is 5.91. The Kier molecular flexibility index (Phi) is 5.95. The van der Waals surface area contributed by atoms with Gasteiger partial charge in [0.2, 0.25) is 0 Å². The molecule has 0 saturated heterocycles. The van der Waals surface area contributed by atoms with Crippen LogP contribution in [0.3, 0.4) is 0 Å². The SMILES string of the molecule is CC(CCCNC(=O)N(C)C1CCCC1)C(=O)O. The van der Waals surface area contributed by atoms with Crippen molar-refractivity contribution in [2.45, 2.75) is 51.5 Å². The zero-order chi connectivity index (χ0) is 13.5. The third kappa shape index (κ3) is 4.55. The Morgan fingerprint density at radius 2 is 2.00 bits per heavy atom. The van der Waals surface area contributed by atoms with Crippen LogP contribution in [0.15, 0.2) is 0 Å². The average Bonchev–Trinajstić information content (AvgIpc) is 2.86. The molecule has 1 aliphatic carbocycles. The minimum atomic E-state index is -0.774. The van der Waals surface area contributed by atoms with Crippen LogP contribution in [-0.2, 0) is 4.79 Å². The quantitative estimate of drug-likeness (QED) is 0.715. The van der Waals surface area contributed by atoms with Crippen LogP contribution in [0.2, 0.25) is 0 Å². The average molecular weight is 256 g/mol. The molecule has 0 spiro atoms. The lowest BCUT2D eigenvalue weighted by molar-refractivity contribution is -0.141. The van der Waals surface area contributed by atoms with E-state index < -0.39 is 5.97 Å². The number of nitrogens with one attached hydrogen (secondary N) is 1. The predicted molar refractivity (Wildman–Crippen MR) is 69.5 cm³/mol. The monoisotopic (exact) mass is 256 g/mol. The highest BCUT2D eigenvalue weighted by atomic mass is 16.4. The number of urea groups is 1. The van der Waals surface area contributed by atoms with Crippen molar-refractivity contribution in [3.63, 3.8) is 0 Å². The normalized spacial score (nSPS) is 17.4. The molecule has 1 atom stereocenters. The molecule has 18 heavy (non-hydrogen) atoms. The van der Waals surface area contributed by atoms with E-state index in [2.05, 4.69) is 5.32 Å². The van der Waals surface area contributed by atoms with E-state index in [9.17, 15) is 9.59 Å². The second-order valence-corrected chi connectivity index (χ2v) is 5.16. The molecule has 1 fully saturated rings.